The zero-order valence-corrected chi connectivity index (χ0v) is 21.0. The number of likely N-dealkylation sites (tertiary alicyclic amines) is 1. The van der Waals surface area contributed by atoms with E-state index in [1.807, 2.05) is 13.8 Å². The molecule has 2 aliphatic rings. The number of hydrogen-bond donors (Lipinski definition) is 2. The number of phenolic OH excluding ortho intramolecular Hbond substituents is 2. The predicted octanol–water partition coefficient (Wildman–Crippen LogP) is 5.62. The molecule has 0 bridgehead atoms. The van der Waals surface area contributed by atoms with Gasteiger partial charge in [0.1, 0.15) is 17.5 Å². The van der Waals surface area contributed by atoms with Crippen LogP contribution in [-0.4, -0.2) is 46.7 Å². The number of unbranched alkanes of at least 4 members (excludes halogenated alkanes) is 2. The number of aryl methyl sites for hydroxylation is 1. The minimum absolute atomic E-state index is 0.00804. The van der Waals surface area contributed by atoms with E-state index in [9.17, 15) is 19.8 Å². The third-order valence-corrected chi connectivity index (χ3v) is 7.36. The van der Waals surface area contributed by atoms with Crippen LogP contribution < -0.4 is 0 Å². The Morgan fingerprint density at radius 1 is 1.24 bits per heavy atom. The highest BCUT2D eigenvalue weighted by Crippen LogP contribution is 2.48. The van der Waals surface area contributed by atoms with Gasteiger partial charge in [-0.05, 0) is 69.9 Å². The lowest BCUT2D eigenvalue weighted by atomic mass is 9.73. The lowest BCUT2D eigenvalue weighted by molar-refractivity contribution is -0.145. The Kier molecular flexibility index (Phi) is 8.45. The molecular formula is C28H39NO5. The Hall–Kier alpha value is -2.76. The van der Waals surface area contributed by atoms with E-state index in [0.717, 1.165) is 37.7 Å². The summed E-state index contributed by atoms with van der Waals surface area (Å²) in [6, 6.07) is 0.992. The first-order valence-electron chi connectivity index (χ1n) is 12.5. The van der Waals surface area contributed by atoms with Gasteiger partial charge in [-0.15, -0.1) is 0 Å². The fourth-order valence-corrected chi connectivity index (χ4v) is 5.49. The Morgan fingerprint density at radius 3 is 2.62 bits per heavy atom. The van der Waals surface area contributed by atoms with Gasteiger partial charge in [0.05, 0.1) is 12.7 Å². The highest BCUT2D eigenvalue weighted by atomic mass is 16.5. The third-order valence-electron chi connectivity index (χ3n) is 7.36. The van der Waals surface area contributed by atoms with Crippen LogP contribution in [0.5, 0.6) is 11.5 Å². The topological polar surface area (TPSA) is 87.1 Å². The van der Waals surface area contributed by atoms with Gasteiger partial charge in [-0.2, -0.15) is 0 Å². The van der Waals surface area contributed by atoms with E-state index < -0.39 is 12.0 Å². The second-order valence-electron chi connectivity index (χ2n) is 9.86. The maximum atomic E-state index is 13.8. The molecular weight excluding hydrogens is 430 g/mol. The molecule has 0 saturated carbocycles. The van der Waals surface area contributed by atoms with Gasteiger partial charge in [-0.3, -0.25) is 4.79 Å². The average molecular weight is 470 g/mol. The molecule has 0 spiro atoms. The van der Waals surface area contributed by atoms with Gasteiger partial charge >= 0.3 is 5.97 Å². The van der Waals surface area contributed by atoms with Gasteiger partial charge in [0.25, 0.3) is 5.91 Å². The fraction of sp³-hybridized carbons (Fsp3) is 0.571. The van der Waals surface area contributed by atoms with Crippen molar-refractivity contribution in [1.82, 2.24) is 4.90 Å². The van der Waals surface area contributed by atoms with Crippen molar-refractivity contribution in [2.45, 2.75) is 84.1 Å². The molecule has 1 fully saturated rings. The van der Waals surface area contributed by atoms with Crippen LogP contribution in [0.4, 0.5) is 0 Å². The van der Waals surface area contributed by atoms with Crippen LogP contribution in [0.15, 0.2) is 29.9 Å². The van der Waals surface area contributed by atoms with E-state index in [2.05, 4.69) is 19.6 Å². The summed E-state index contributed by atoms with van der Waals surface area (Å²) in [6.07, 6.45) is 8.53. The maximum Gasteiger partial charge on any atom is 0.328 e. The van der Waals surface area contributed by atoms with Crippen molar-refractivity contribution in [2.24, 2.45) is 5.92 Å². The minimum Gasteiger partial charge on any atom is -0.507 e. The Bertz CT molecular complexity index is 979. The van der Waals surface area contributed by atoms with Crippen LogP contribution >= 0.6 is 0 Å². The fourth-order valence-electron chi connectivity index (χ4n) is 5.49. The Balaban J connectivity index is 2.14. The summed E-state index contributed by atoms with van der Waals surface area (Å²) in [5, 5.41) is 22.7. The number of carbonyl (C=O) groups is 2. The molecule has 1 heterocycles. The predicted molar refractivity (Wildman–Crippen MR) is 133 cm³/mol. The number of nitrogens with zero attached hydrogens (tertiary/aromatic N) is 1. The highest BCUT2D eigenvalue weighted by molar-refractivity contribution is 6.01. The van der Waals surface area contributed by atoms with E-state index in [0.29, 0.717) is 36.9 Å². The molecule has 1 aromatic rings. The molecule has 3 atom stereocenters. The number of amides is 1. The molecule has 1 aliphatic carbocycles. The highest BCUT2D eigenvalue weighted by Gasteiger charge is 2.39. The van der Waals surface area contributed by atoms with Crippen molar-refractivity contribution in [3.63, 3.8) is 0 Å². The van der Waals surface area contributed by atoms with Crippen LogP contribution in [0.1, 0.15) is 93.1 Å². The molecule has 34 heavy (non-hydrogen) atoms. The first-order chi connectivity index (χ1) is 16.2. The first kappa shape index (κ1) is 25.9. The SMILES string of the molecule is C=C(C)C1CCC(C)=CC1c1c(O)cc(CCCCC)c(C(=O)N2CCCC2C(=O)OC)c1O. The molecule has 186 valence electrons. The molecule has 1 saturated heterocycles. The Labute approximate surface area is 203 Å². The van der Waals surface area contributed by atoms with Crippen LogP contribution in [0.2, 0.25) is 0 Å². The summed E-state index contributed by atoms with van der Waals surface area (Å²) < 4.78 is 4.93. The molecule has 6 heteroatoms. The van der Waals surface area contributed by atoms with Crippen molar-refractivity contribution in [2.75, 3.05) is 13.7 Å². The molecule has 1 amide bonds. The largest absolute Gasteiger partial charge is 0.507 e. The number of methoxy groups -OCH3 is 1. The van der Waals surface area contributed by atoms with Crippen LogP contribution in [0.25, 0.3) is 0 Å². The van der Waals surface area contributed by atoms with Crippen molar-refractivity contribution < 1.29 is 24.5 Å². The molecule has 3 unspecified atom stereocenters. The lowest BCUT2D eigenvalue weighted by Crippen LogP contribution is -2.41. The second-order valence-corrected chi connectivity index (χ2v) is 9.86. The lowest BCUT2D eigenvalue weighted by Gasteiger charge is -2.32. The summed E-state index contributed by atoms with van der Waals surface area (Å²) in [7, 11) is 1.32. The smallest absolute Gasteiger partial charge is 0.328 e. The number of aromatic hydroxyl groups is 2. The molecule has 3 rings (SSSR count). The van der Waals surface area contributed by atoms with Gasteiger partial charge < -0.3 is 19.8 Å². The number of carbonyl (C=O) groups excluding carboxylic acids is 2. The molecule has 1 aromatic carbocycles. The van der Waals surface area contributed by atoms with E-state index in [4.69, 9.17) is 4.74 Å². The van der Waals surface area contributed by atoms with Crippen molar-refractivity contribution >= 4 is 11.9 Å². The number of allylic oxidation sites excluding steroid dienone is 3. The normalized spacial score (nSPS) is 22.4. The van der Waals surface area contributed by atoms with E-state index in [1.165, 1.54) is 17.6 Å². The van der Waals surface area contributed by atoms with Crippen molar-refractivity contribution in [3.05, 3.63) is 46.6 Å². The number of phenols is 2. The molecule has 6 nitrogen and oxygen atoms in total. The number of rotatable bonds is 8. The van der Waals surface area contributed by atoms with Gasteiger partial charge in [0.15, 0.2) is 0 Å². The zero-order chi connectivity index (χ0) is 25.0. The van der Waals surface area contributed by atoms with Crippen molar-refractivity contribution in [3.8, 4) is 11.5 Å². The summed E-state index contributed by atoms with van der Waals surface area (Å²) in [5.74, 6) is -1.18. The molecule has 0 radical (unpaired) electrons. The maximum absolute atomic E-state index is 13.8. The first-order valence-corrected chi connectivity index (χ1v) is 12.5. The van der Waals surface area contributed by atoms with Crippen molar-refractivity contribution in [1.29, 1.82) is 0 Å². The standard InChI is InChI=1S/C28H39NO5/c1-6-7-8-10-19-16-23(30)25(21-15-18(4)12-13-20(21)17(2)3)26(31)24(19)27(32)29-14-9-11-22(29)28(33)34-5/h15-16,20-22,30-31H,2,6-14H2,1,3-5H3. The summed E-state index contributed by atoms with van der Waals surface area (Å²) in [5.41, 5.74) is 3.38. The van der Waals surface area contributed by atoms with E-state index in [1.54, 1.807) is 6.07 Å². The van der Waals surface area contributed by atoms with Crippen LogP contribution in [0.3, 0.4) is 0 Å². The van der Waals surface area contributed by atoms with Crippen LogP contribution in [-0.2, 0) is 16.0 Å². The van der Waals surface area contributed by atoms with Gasteiger partial charge in [-0.25, -0.2) is 4.79 Å². The second kappa shape index (κ2) is 11.1. The number of esters is 1. The monoisotopic (exact) mass is 469 g/mol. The Morgan fingerprint density at radius 2 is 1.97 bits per heavy atom. The van der Waals surface area contributed by atoms with Gasteiger partial charge in [-0.1, -0.05) is 43.6 Å². The summed E-state index contributed by atoms with van der Waals surface area (Å²) >= 11 is 0. The van der Waals surface area contributed by atoms with Crippen LogP contribution in [0, 0.1) is 5.92 Å². The zero-order valence-electron chi connectivity index (χ0n) is 21.0. The summed E-state index contributed by atoms with van der Waals surface area (Å²) in [6.45, 7) is 10.7. The minimum atomic E-state index is -0.655. The molecule has 0 aromatic heterocycles. The van der Waals surface area contributed by atoms with Gasteiger partial charge in [0, 0.05) is 18.0 Å². The molecule has 2 N–H and O–H groups in total. The third kappa shape index (κ3) is 5.16. The summed E-state index contributed by atoms with van der Waals surface area (Å²) in [4.78, 5) is 27.7. The number of hydrogen-bond acceptors (Lipinski definition) is 5. The molecule has 1 aliphatic heterocycles. The number of benzene rings is 1. The van der Waals surface area contributed by atoms with E-state index in [-0.39, 0.29) is 34.8 Å². The average Bonchev–Trinajstić information content (AvgIpc) is 3.28. The number of ether oxygens (including phenoxy) is 1. The van der Waals surface area contributed by atoms with E-state index >= 15 is 0 Å². The van der Waals surface area contributed by atoms with Gasteiger partial charge in [0.2, 0.25) is 0 Å². The quantitative estimate of drug-likeness (QED) is 0.293.